The lowest BCUT2D eigenvalue weighted by molar-refractivity contribution is -0.690. The SMILES string of the molecule is Cc1ccc2oc(C[n+]3ccccc3)cc(=O)c2c1.[I-]. The van der Waals surface area contributed by atoms with E-state index >= 15 is 0 Å². The van der Waals surface area contributed by atoms with E-state index in [4.69, 9.17) is 4.42 Å². The minimum Gasteiger partial charge on any atom is -1.00 e. The second-order valence-electron chi connectivity index (χ2n) is 4.62. The number of hydrogen-bond acceptors (Lipinski definition) is 2. The van der Waals surface area contributed by atoms with E-state index in [1.807, 2.05) is 60.3 Å². The van der Waals surface area contributed by atoms with Gasteiger partial charge in [0.1, 0.15) is 5.58 Å². The molecule has 0 spiro atoms. The van der Waals surface area contributed by atoms with Crippen molar-refractivity contribution >= 4 is 11.0 Å². The Morgan fingerprint density at radius 1 is 1.10 bits per heavy atom. The molecule has 0 amide bonds. The Morgan fingerprint density at radius 2 is 1.85 bits per heavy atom. The second-order valence-corrected chi connectivity index (χ2v) is 4.62. The van der Waals surface area contributed by atoms with E-state index in [1.165, 1.54) is 0 Å². The average molecular weight is 379 g/mol. The molecule has 3 rings (SSSR count). The average Bonchev–Trinajstić information content (AvgIpc) is 2.41. The zero-order valence-electron chi connectivity index (χ0n) is 11.0. The molecule has 2 aromatic heterocycles. The highest BCUT2D eigenvalue weighted by Gasteiger charge is 2.08. The van der Waals surface area contributed by atoms with Crippen LogP contribution >= 0.6 is 0 Å². The standard InChI is InChI=1S/C16H14NO2.HI/c1-12-5-6-16-14(9-12)15(18)10-13(19-16)11-17-7-3-2-4-8-17;/h2-10H,11H2,1H3;1H/q+1;/p-1. The van der Waals surface area contributed by atoms with Crippen LogP contribution in [0.15, 0.2) is 64.1 Å². The fourth-order valence-electron chi connectivity index (χ4n) is 2.12. The molecule has 0 atom stereocenters. The monoisotopic (exact) mass is 379 g/mol. The van der Waals surface area contributed by atoms with Gasteiger partial charge in [-0.05, 0) is 19.1 Å². The third kappa shape index (κ3) is 3.07. The molecular formula is C16H14INO2. The van der Waals surface area contributed by atoms with Crippen LogP contribution in [0.3, 0.4) is 0 Å². The van der Waals surface area contributed by atoms with Crippen LogP contribution in [-0.2, 0) is 6.54 Å². The number of halogens is 1. The van der Waals surface area contributed by atoms with Gasteiger partial charge in [0.2, 0.25) is 6.54 Å². The van der Waals surface area contributed by atoms with Gasteiger partial charge in [-0.3, -0.25) is 4.79 Å². The molecule has 0 N–H and O–H groups in total. The first-order valence-corrected chi connectivity index (χ1v) is 6.20. The molecule has 20 heavy (non-hydrogen) atoms. The predicted octanol–water partition coefficient (Wildman–Crippen LogP) is -0.559. The summed E-state index contributed by atoms with van der Waals surface area (Å²) in [5, 5.41) is 0.641. The lowest BCUT2D eigenvalue weighted by Crippen LogP contribution is -3.00. The summed E-state index contributed by atoms with van der Waals surface area (Å²) in [4.78, 5) is 12.1. The molecule has 3 aromatic rings. The Balaban J connectivity index is 0.00000147. The molecule has 0 saturated heterocycles. The van der Waals surface area contributed by atoms with Gasteiger partial charge >= 0.3 is 0 Å². The van der Waals surface area contributed by atoms with Gasteiger partial charge in [-0.1, -0.05) is 17.7 Å². The Morgan fingerprint density at radius 3 is 2.60 bits per heavy atom. The van der Waals surface area contributed by atoms with Crippen LogP contribution < -0.4 is 34.0 Å². The highest BCUT2D eigenvalue weighted by atomic mass is 127. The van der Waals surface area contributed by atoms with Crippen LogP contribution in [0.1, 0.15) is 11.3 Å². The van der Waals surface area contributed by atoms with Crippen molar-refractivity contribution in [2.24, 2.45) is 0 Å². The lowest BCUT2D eigenvalue weighted by Gasteiger charge is -2.01. The Labute approximate surface area is 133 Å². The minimum absolute atomic E-state index is 0. The summed E-state index contributed by atoms with van der Waals surface area (Å²) in [6.07, 6.45) is 3.89. The molecule has 0 aliphatic rings. The molecule has 4 heteroatoms. The highest BCUT2D eigenvalue weighted by Crippen LogP contribution is 2.13. The minimum atomic E-state index is 0. The van der Waals surface area contributed by atoms with Gasteiger partial charge in [-0.2, -0.15) is 4.57 Å². The first-order chi connectivity index (χ1) is 9.22. The van der Waals surface area contributed by atoms with Crippen LogP contribution in [0.25, 0.3) is 11.0 Å². The van der Waals surface area contributed by atoms with Gasteiger partial charge in [0.15, 0.2) is 23.6 Å². The van der Waals surface area contributed by atoms with Crippen LogP contribution in [-0.4, -0.2) is 0 Å². The summed E-state index contributed by atoms with van der Waals surface area (Å²) in [6.45, 7) is 2.52. The predicted molar refractivity (Wildman–Crippen MR) is 73.0 cm³/mol. The molecule has 0 aliphatic carbocycles. The number of fused-ring (bicyclic) bond motifs is 1. The Bertz CT molecular complexity index is 781. The summed E-state index contributed by atoms with van der Waals surface area (Å²) in [7, 11) is 0. The number of pyridine rings is 1. The molecule has 102 valence electrons. The summed E-state index contributed by atoms with van der Waals surface area (Å²) in [6, 6.07) is 13.1. The van der Waals surface area contributed by atoms with Gasteiger partial charge in [-0.15, -0.1) is 0 Å². The fraction of sp³-hybridized carbons (Fsp3) is 0.125. The zero-order valence-corrected chi connectivity index (χ0v) is 13.2. The maximum atomic E-state index is 12.1. The molecule has 0 unspecified atom stereocenters. The number of aryl methyl sites for hydroxylation is 1. The number of aromatic nitrogens is 1. The van der Waals surface area contributed by atoms with E-state index in [-0.39, 0.29) is 29.4 Å². The third-order valence-electron chi connectivity index (χ3n) is 3.05. The topological polar surface area (TPSA) is 34.1 Å². The largest absolute Gasteiger partial charge is 1.00 e. The van der Waals surface area contributed by atoms with E-state index in [1.54, 1.807) is 6.07 Å². The van der Waals surface area contributed by atoms with E-state index in [2.05, 4.69) is 0 Å². The van der Waals surface area contributed by atoms with Gasteiger partial charge in [0.05, 0.1) is 5.39 Å². The van der Waals surface area contributed by atoms with Crippen LogP contribution in [0, 0.1) is 6.92 Å². The van der Waals surface area contributed by atoms with Crippen molar-refractivity contribution in [3.63, 3.8) is 0 Å². The van der Waals surface area contributed by atoms with Gasteiger partial charge < -0.3 is 28.4 Å². The van der Waals surface area contributed by atoms with Crippen LogP contribution in [0.5, 0.6) is 0 Å². The van der Waals surface area contributed by atoms with Crippen molar-refractivity contribution < 1.29 is 33.0 Å². The Kier molecular flexibility index (Phi) is 4.54. The molecule has 0 saturated carbocycles. The zero-order chi connectivity index (χ0) is 13.2. The second kappa shape index (κ2) is 6.17. The number of benzene rings is 1. The van der Waals surface area contributed by atoms with E-state index in [0.717, 1.165) is 5.56 Å². The smallest absolute Gasteiger partial charge is 0.205 e. The molecule has 0 aliphatic heterocycles. The summed E-state index contributed by atoms with van der Waals surface area (Å²) < 4.78 is 7.75. The van der Waals surface area contributed by atoms with Gasteiger partial charge in [0.25, 0.3) is 0 Å². The number of hydrogen-bond donors (Lipinski definition) is 0. The molecule has 0 bridgehead atoms. The molecular weight excluding hydrogens is 365 g/mol. The molecule has 0 fully saturated rings. The van der Waals surface area contributed by atoms with E-state index in [0.29, 0.717) is 23.3 Å². The van der Waals surface area contributed by atoms with Crippen molar-refractivity contribution in [2.45, 2.75) is 13.5 Å². The quantitative estimate of drug-likeness (QED) is 0.442. The summed E-state index contributed by atoms with van der Waals surface area (Å²) in [5.41, 5.74) is 1.71. The number of rotatable bonds is 2. The molecule has 1 aromatic carbocycles. The summed E-state index contributed by atoms with van der Waals surface area (Å²) in [5.74, 6) is 0.664. The normalized spacial score (nSPS) is 10.2. The van der Waals surface area contributed by atoms with Gasteiger partial charge in [0, 0.05) is 18.2 Å². The molecule has 2 heterocycles. The van der Waals surface area contributed by atoms with E-state index in [9.17, 15) is 4.79 Å². The lowest BCUT2D eigenvalue weighted by atomic mass is 10.1. The maximum Gasteiger partial charge on any atom is 0.205 e. The summed E-state index contributed by atoms with van der Waals surface area (Å²) >= 11 is 0. The number of nitrogens with zero attached hydrogens (tertiary/aromatic N) is 1. The Hall–Kier alpha value is -1.69. The first-order valence-electron chi connectivity index (χ1n) is 6.20. The fourth-order valence-corrected chi connectivity index (χ4v) is 2.12. The van der Waals surface area contributed by atoms with Crippen LogP contribution in [0.2, 0.25) is 0 Å². The molecule has 0 radical (unpaired) electrons. The highest BCUT2D eigenvalue weighted by molar-refractivity contribution is 5.77. The van der Waals surface area contributed by atoms with Crippen molar-refractivity contribution in [3.8, 4) is 0 Å². The van der Waals surface area contributed by atoms with Gasteiger partial charge in [-0.25, -0.2) is 0 Å². The maximum absolute atomic E-state index is 12.1. The van der Waals surface area contributed by atoms with Crippen molar-refractivity contribution in [1.29, 1.82) is 0 Å². The van der Waals surface area contributed by atoms with E-state index < -0.39 is 0 Å². The van der Waals surface area contributed by atoms with Crippen molar-refractivity contribution in [3.05, 3.63) is 76.4 Å². The van der Waals surface area contributed by atoms with Crippen molar-refractivity contribution in [1.82, 2.24) is 0 Å². The molecule has 3 nitrogen and oxygen atoms in total. The first kappa shape index (κ1) is 14.7. The third-order valence-corrected chi connectivity index (χ3v) is 3.05. The van der Waals surface area contributed by atoms with Crippen molar-refractivity contribution in [2.75, 3.05) is 0 Å². The van der Waals surface area contributed by atoms with Crippen LogP contribution in [0.4, 0.5) is 0 Å².